The zero-order chi connectivity index (χ0) is 12.5. The lowest BCUT2D eigenvalue weighted by Gasteiger charge is -2.48. The Morgan fingerprint density at radius 2 is 2.06 bits per heavy atom. The number of hydrogen-bond donors (Lipinski definition) is 1. The normalized spacial score (nSPS) is 19.8. The molecule has 1 aromatic rings. The van der Waals surface area contributed by atoms with E-state index < -0.39 is 0 Å². The van der Waals surface area contributed by atoms with Crippen molar-refractivity contribution < 1.29 is 4.74 Å². The monoisotopic (exact) mass is 233 g/mol. The Balaban J connectivity index is 2.43. The molecule has 0 bridgehead atoms. The maximum Gasteiger partial charge on any atom is 0.0588 e. The first kappa shape index (κ1) is 12.6. The molecule has 0 saturated carbocycles. The molecule has 94 valence electrons. The van der Waals surface area contributed by atoms with Gasteiger partial charge in [0.2, 0.25) is 0 Å². The summed E-state index contributed by atoms with van der Waals surface area (Å²) in [7, 11) is 0. The van der Waals surface area contributed by atoms with Gasteiger partial charge in [0, 0.05) is 5.41 Å². The van der Waals surface area contributed by atoms with Gasteiger partial charge in [-0.15, -0.1) is 0 Å². The van der Waals surface area contributed by atoms with E-state index in [9.17, 15) is 0 Å². The lowest BCUT2D eigenvalue weighted by Crippen LogP contribution is -2.54. The molecule has 2 N–H and O–H groups in total. The second kappa shape index (κ2) is 4.79. The molecule has 1 saturated heterocycles. The van der Waals surface area contributed by atoms with Crippen molar-refractivity contribution in [3.05, 3.63) is 34.9 Å². The van der Waals surface area contributed by atoms with E-state index in [1.807, 2.05) is 0 Å². The van der Waals surface area contributed by atoms with Gasteiger partial charge in [0.05, 0.1) is 13.2 Å². The average molecular weight is 233 g/mol. The van der Waals surface area contributed by atoms with Gasteiger partial charge in [-0.1, -0.05) is 37.1 Å². The van der Waals surface area contributed by atoms with Crippen LogP contribution in [0.15, 0.2) is 18.2 Å². The van der Waals surface area contributed by atoms with Crippen molar-refractivity contribution >= 4 is 0 Å². The van der Waals surface area contributed by atoms with Crippen molar-refractivity contribution in [1.82, 2.24) is 0 Å². The lowest BCUT2D eigenvalue weighted by atomic mass is 9.66. The van der Waals surface area contributed by atoms with Gasteiger partial charge >= 0.3 is 0 Å². The second-order valence-corrected chi connectivity index (χ2v) is 5.31. The molecule has 17 heavy (non-hydrogen) atoms. The topological polar surface area (TPSA) is 35.2 Å². The third-order valence-corrected chi connectivity index (χ3v) is 4.21. The van der Waals surface area contributed by atoms with Crippen LogP contribution in [0, 0.1) is 19.8 Å². The van der Waals surface area contributed by atoms with Crippen LogP contribution >= 0.6 is 0 Å². The molecule has 2 heteroatoms. The fraction of sp³-hybridized carbons (Fsp3) is 0.600. The van der Waals surface area contributed by atoms with Crippen LogP contribution in [0.5, 0.6) is 0 Å². The molecular weight excluding hydrogens is 210 g/mol. The summed E-state index contributed by atoms with van der Waals surface area (Å²) in [5, 5.41) is 0. The first-order valence-corrected chi connectivity index (χ1v) is 6.49. The van der Waals surface area contributed by atoms with Gasteiger partial charge in [-0.2, -0.15) is 0 Å². The molecule has 1 atom stereocenters. The second-order valence-electron chi connectivity index (χ2n) is 5.31. The number of nitrogens with two attached hydrogens (primary N) is 1. The largest absolute Gasteiger partial charge is 0.379 e. The van der Waals surface area contributed by atoms with E-state index in [0.29, 0.717) is 5.92 Å². The molecule has 2 rings (SSSR count). The number of ether oxygens (including phenoxy) is 1. The summed E-state index contributed by atoms with van der Waals surface area (Å²) >= 11 is 0. The first-order valence-electron chi connectivity index (χ1n) is 6.49. The smallest absolute Gasteiger partial charge is 0.0588 e. The SMILES string of the molecule is CCC(CN)C1(c2cc(C)ccc2C)COC1. The Kier molecular flexibility index (Phi) is 3.55. The van der Waals surface area contributed by atoms with Crippen molar-refractivity contribution in [2.24, 2.45) is 11.7 Å². The van der Waals surface area contributed by atoms with Crippen LogP contribution in [0.1, 0.15) is 30.0 Å². The van der Waals surface area contributed by atoms with Crippen LogP contribution in [0.25, 0.3) is 0 Å². The van der Waals surface area contributed by atoms with Gasteiger partial charge in [-0.05, 0) is 37.4 Å². The summed E-state index contributed by atoms with van der Waals surface area (Å²) in [6.45, 7) is 8.97. The van der Waals surface area contributed by atoms with Crippen molar-refractivity contribution in [1.29, 1.82) is 0 Å². The number of hydrogen-bond acceptors (Lipinski definition) is 2. The predicted octanol–water partition coefficient (Wildman–Crippen LogP) is 2.56. The van der Waals surface area contributed by atoms with Crippen molar-refractivity contribution in [3.63, 3.8) is 0 Å². The first-order chi connectivity index (χ1) is 8.14. The predicted molar refractivity (Wildman–Crippen MR) is 71.2 cm³/mol. The minimum Gasteiger partial charge on any atom is -0.379 e. The van der Waals surface area contributed by atoms with E-state index in [-0.39, 0.29) is 5.41 Å². The Hall–Kier alpha value is -0.860. The third-order valence-electron chi connectivity index (χ3n) is 4.21. The van der Waals surface area contributed by atoms with E-state index in [4.69, 9.17) is 10.5 Å². The Bertz CT molecular complexity index is 392. The van der Waals surface area contributed by atoms with Crippen LogP contribution in [-0.2, 0) is 10.2 Å². The van der Waals surface area contributed by atoms with E-state index in [1.165, 1.54) is 16.7 Å². The van der Waals surface area contributed by atoms with Crippen LogP contribution in [0.3, 0.4) is 0 Å². The quantitative estimate of drug-likeness (QED) is 0.867. The van der Waals surface area contributed by atoms with Crippen molar-refractivity contribution in [2.45, 2.75) is 32.6 Å². The highest BCUT2D eigenvalue weighted by Gasteiger charge is 2.46. The molecule has 0 spiro atoms. The van der Waals surface area contributed by atoms with Crippen LogP contribution < -0.4 is 5.73 Å². The summed E-state index contributed by atoms with van der Waals surface area (Å²) in [4.78, 5) is 0. The molecule has 1 aliphatic heterocycles. The molecular formula is C15H23NO. The molecule has 1 fully saturated rings. The van der Waals surface area contributed by atoms with Gasteiger partial charge in [0.25, 0.3) is 0 Å². The van der Waals surface area contributed by atoms with Crippen molar-refractivity contribution in [2.75, 3.05) is 19.8 Å². The summed E-state index contributed by atoms with van der Waals surface area (Å²) < 4.78 is 5.52. The molecule has 0 radical (unpaired) electrons. The van der Waals surface area contributed by atoms with Crippen molar-refractivity contribution in [3.8, 4) is 0 Å². The molecule has 0 amide bonds. The maximum atomic E-state index is 5.95. The summed E-state index contributed by atoms with van der Waals surface area (Å²) in [6.07, 6.45) is 1.12. The van der Waals surface area contributed by atoms with Gasteiger partial charge in [0.1, 0.15) is 0 Å². The minimum absolute atomic E-state index is 0.166. The maximum absolute atomic E-state index is 5.95. The Labute approximate surface area is 104 Å². The molecule has 1 aliphatic rings. The summed E-state index contributed by atoms with van der Waals surface area (Å²) in [5.41, 5.74) is 10.2. The molecule has 0 aromatic heterocycles. The number of benzene rings is 1. The number of rotatable bonds is 4. The van der Waals surface area contributed by atoms with Gasteiger partial charge in [0.15, 0.2) is 0 Å². The summed E-state index contributed by atoms with van der Waals surface area (Å²) in [6, 6.07) is 6.71. The molecule has 1 heterocycles. The Morgan fingerprint density at radius 3 is 2.53 bits per heavy atom. The van der Waals surface area contributed by atoms with E-state index in [0.717, 1.165) is 26.2 Å². The average Bonchev–Trinajstić information content (AvgIpc) is 2.27. The summed E-state index contributed by atoms with van der Waals surface area (Å²) in [5.74, 6) is 0.525. The zero-order valence-electron chi connectivity index (χ0n) is 11.1. The molecule has 0 aliphatic carbocycles. The van der Waals surface area contributed by atoms with Crippen LogP contribution in [-0.4, -0.2) is 19.8 Å². The molecule has 1 unspecified atom stereocenters. The van der Waals surface area contributed by atoms with E-state index in [1.54, 1.807) is 0 Å². The fourth-order valence-corrected chi connectivity index (χ4v) is 2.99. The fourth-order valence-electron chi connectivity index (χ4n) is 2.99. The van der Waals surface area contributed by atoms with E-state index in [2.05, 4.69) is 39.0 Å². The highest BCUT2D eigenvalue weighted by atomic mass is 16.5. The Morgan fingerprint density at radius 1 is 1.35 bits per heavy atom. The highest BCUT2D eigenvalue weighted by molar-refractivity contribution is 5.39. The molecule has 1 aromatic carbocycles. The zero-order valence-corrected chi connectivity index (χ0v) is 11.1. The standard InChI is InChI=1S/C15H23NO/c1-4-13(8-16)15(9-17-10-15)14-7-11(2)5-6-12(14)3/h5-7,13H,4,8-10,16H2,1-3H3. The van der Waals surface area contributed by atoms with Gasteiger partial charge in [-0.3, -0.25) is 0 Å². The number of aryl methyl sites for hydroxylation is 2. The van der Waals surface area contributed by atoms with Crippen LogP contribution in [0.2, 0.25) is 0 Å². The molecule has 2 nitrogen and oxygen atoms in total. The highest BCUT2D eigenvalue weighted by Crippen LogP contribution is 2.42. The van der Waals surface area contributed by atoms with Crippen LogP contribution in [0.4, 0.5) is 0 Å². The minimum atomic E-state index is 0.166. The van der Waals surface area contributed by atoms with Gasteiger partial charge < -0.3 is 10.5 Å². The lowest BCUT2D eigenvalue weighted by molar-refractivity contribution is -0.0901. The van der Waals surface area contributed by atoms with Gasteiger partial charge in [-0.25, -0.2) is 0 Å². The third kappa shape index (κ3) is 2.00. The van der Waals surface area contributed by atoms with E-state index >= 15 is 0 Å².